The van der Waals surface area contributed by atoms with E-state index in [-0.39, 0.29) is 17.9 Å². The SMILES string of the molecule is C=CC(=O)N1CCC[C@@H](NC(=O)c2ccc(-c3cccs3)cc2)C1. The average Bonchev–Trinajstić information content (AvgIpc) is 3.16. The van der Waals surface area contributed by atoms with E-state index in [2.05, 4.69) is 18.0 Å². The van der Waals surface area contributed by atoms with Crippen molar-refractivity contribution in [3.8, 4) is 10.4 Å². The molecule has 2 heterocycles. The molecule has 0 radical (unpaired) electrons. The number of carbonyl (C=O) groups is 2. The van der Waals surface area contributed by atoms with Gasteiger partial charge in [-0.15, -0.1) is 11.3 Å². The Morgan fingerprint density at radius 1 is 1.25 bits per heavy atom. The van der Waals surface area contributed by atoms with Gasteiger partial charge < -0.3 is 10.2 Å². The molecular weight excluding hydrogens is 320 g/mol. The minimum absolute atomic E-state index is 0.00729. The van der Waals surface area contributed by atoms with E-state index in [9.17, 15) is 9.59 Å². The van der Waals surface area contributed by atoms with Gasteiger partial charge in [0.15, 0.2) is 0 Å². The van der Waals surface area contributed by atoms with Crippen LogP contribution in [0.25, 0.3) is 10.4 Å². The molecule has 1 aromatic heterocycles. The molecule has 1 aliphatic heterocycles. The van der Waals surface area contributed by atoms with Crippen LogP contribution in [0.1, 0.15) is 23.2 Å². The molecule has 1 fully saturated rings. The highest BCUT2D eigenvalue weighted by atomic mass is 32.1. The molecule has 4 nitrogen and oxygen atoms in total. The number of likely N-dealkylation sites (tertiary alicyclic amines) is 1. The van der Waals surface area contributed by atoms with Crippen LogP contribution in [0.5, 0.6) is 0 Å². The van der Waals surface area contributed by atoms with Crippen LogP contribution in [-0.4, -0.2) is 35.8 Å². The molecule has 2 aromatic rings. The van der Waals surface area contributed by atoms with Gasteiger partial charge in [0.2, 0.25) is 5.91 Å². The summed E-state index contributed by atoms with van der Waals surface area (Å²) in [7, 11) is 0. The number of nitrogens with zero attached hydrogens (tertiary/aromatic N) is 1. The first-order valence-electron chi connectivity index (χ1n) is 8.03. The first-order valence-corrected chi connectivity index (χ1v) is 8.91. The monoisotopic (exact) mass is 340 g/mol. The number of hydrogen-bond donors (Lipinski definition) is 1. The molecule has 0 unspecified atom stereocenters. The zero-order valence-corrected chi connectivity index (χ0v) is 14.2. The fraction of sp³-hybridized carbons (Fsp3) is 0.263. The summed E-state index contributed by atoms with van der Waals surface area (Å²) in [6.45, 7) is 4.80. The van der Waals surface area contributed by atoms with E-state index < -0.39 is 0 Å². The predicted octanol–water partition coefficient (Wildman–Crippen LogP) is 3.32. The summed E-state index contributed by atoms with van der Waals surface area (Å²) in [5.41, 5.74) is 1.75. The Morgan fingerprint density at radius 3 is 2.71 bits per heavy atom. The van der Waals surface area contributed by atoms with Crippen molar-refractivity contribution in [2.75, 3.05) is 13.1 Å². The molecule has 124 valence electrons. The van der Waals surface area contributed by atoms with Crippen LogP contribution in [0.4, 0.5) is 0 Å². The van der Waals surface area contributed by atoms with Crippen molar-refractivity contribution in [2.45, 2.75) is 18.9 Å². The number of thiophene rings is 1. The van der Waals surface area contributed by atoms with E-state index >= 15 is 0 Å². The molecule has 3 rings (SSSR count). The molecule has 1 aliphatic rings. The summed E-state index contributed by atoms with van der Waals surface area (Å²) >= 11 is 1.68. The maximum atomic E-state index is 12.4. The van der Waals surface area contributed by atoms with Crippen LogP contribution < -0.4 is 5.32 Å². The van der Waals surface area contributed by atoms with Crippen LogP contribution in [0.15, 0.2) is 54.4 Å². The third kappa shape index (κ3) is 3.74. The van der Waals surface area contributed by atoms with Crippen molar-refractivity contribution >= 4 is 23.2 Å². The van der Waals surface area contributed by atoms with Gasteiger partial charge in [0.05, 0.1) is 0 Å². The van der Waals surface area contributed by atoms with E-state index in [4.69, 9.17) is 0 Å². The Balaban J connectivity index is 1.62. The van der Waals surface area contributed by atoms with Crippen molar-refractivity contribution in [3.63, 3.8) is 0 Å². The maximum Gasteiger partial charge on any atom is 0.251 e. The van der Waals surface area contributed by atoms with Crippen molar-refractivity contribution in [3.05, 3.63) is 60.0 Å². The molecule has 5 heteroatoms. The van der Waals surface area contributed by atoms with Gasteiger partial charge in [0.1, 0.15) is 0 Å². The lowest BCUT2D eigenvalue weighted by atomic mass is 10.0. The fourth-order valence-electron chi connectivity index (χ4n) is 2.92. The molecular formula is C19H20N2O2S. The third-order valence-electron chi connectivity index (χ3n) is 4.20. The second-order valence-corrected chi connectivity index (χ2v) is 6.80. The van der Waals surface area contributed by atoms with Gasteiger partial charge in [-0.3, -0.25) is 9.59 Å². The Bertz CT molecular complexity index is 722. The number of nitrogens with one attached hydrogen (secondary N) is 1. The minimum atomic E-state index is -0.0920. The zero-order chi connectivity index (χ0) is 16.9. The maximum absolute atomic E-state index is 12.4. The number of carbonyl (C=O) groups excluding carboxylic acids is 2. The Hall–Kier alpha value is -2.40. The van der Waals surface area contributed by atoms with E-state index in [0.29, 0.717) is 12.1 Å². The van der Waals surface area contributed by atoms with Gasteiger partial charge in [-0.1, -0.05) is 24.8 Å². The zero-order valence-electron chi connectivity index (χ0n) is 13.4. The average molecular weight is 340 g/mol. The summed E-state index contributed by atoms with van der Waals surface area (Å²) in [5.74, 6) is -0.167. The summed E-state index contributed by atoms with van der Waals surface area (Å²) in [6, 6.07) is 11.7. The van der Waals surface area contributed by atoms with Crippen molar-refractivity contribution in [1.82, 2.24) is 10.2 Å². The van der Waals surface area contributed by atoms with E-state index in [1.807, 2.05) is 35.7 Å². The lowest BCUT2D eigenvalue weighted by Crippen LogP contribution is -2.49. The third-order valence-corrected chi connectivity index (χ3v) is 5.11. The number of amides is 2. The molecule has 1 saturated heterocycles. The highest BCUT2D eigenvalue weighted by Gasteiger charge is 2.23. The molecule has 0 bridgehead atoms. The van der Waals surface area contributed by atoms with Gasteiger partial charge in [-0.2, -0.15) is 0 Å². The lowest BCUT2D eigenvalue weighted by Gasteiger charge is -2.32. The molecule has 0 saturated carbocycles. The van der Waals surface area contributed by atoms with E-state index in [0.717, 1.165) is 24.9 Å². The second-order valence-electron chi connectivity index (χ2n) is 5.86. The summed E-state index contributed by atoms with van der Waals surface area (Å²) in [5, 5.41) is 5.07. The van der Waals surface area contributed by atoms with E-state index in [1.54, 1.807) is 16.2 Å². The summed E-state index contributed by atoms with van der Waals surface area (Å²) < 4.78 is 0. The molecule has 0 spiro atoms. The normalized spacial score (nSPS) is 17.3. The standard InChI is InChI=1S/C19H20N2O2S/c1-2-18(22)21-11-3-5-16(13-21)20-19(23)15-9-7-14(8-10-15)17-6-4-12-24-17/h2,4,6-10,12,16H,1,3,5,11,13H2,(H,20,23)/t16-/m1/s1. The van der Waals surface area contributed by atoms with Gasteiger partial charge >= 0.3 is 0 Å². The smallest absolute Gasteiger partial charge is 0.251 e. The first-order chi connectivity index (χ1) is 11.7. The van der Waals surface area contributed by atoms with Crippen molar-refractivity contribution in [1.29, 1.82) is 0 Å². The van der Waals surface area contributed by atoms with Gasteiger partial charge in [0, 0.05) is 29.6 Å². The van der Waals surface area contributed by atoms with E-state index in [1.165, 1.54) is 11.0 Å². The lowest BCUT2D eigenvalue weighted by molar-refractivity contribution is -0.127. The van der Waals surface area contributed by atoms with Crippen LogP contribution in [-0.2, 0) is 4.79 Å². The van der Waals surface area contributed by atoms with Crippen LogP contribution >= 0.6 is 11.3 Å². The highest BCUT2D eigenvalue weighted by Crippen LogP contribution is 2.24. The molecule has 0 aliphatic carbocycles. The summed E-state index contributed by atoms with van der Waals surface area (Å²) in [6.07, 6.45) is 3.11. The quantitative estimate of drug-likeness (QED) is 0.868. The van der Waals surface area contributed by atoms with Crippen LogP contribution in [0.2, 0.25) is 0 Å². The van der Waals surface area contributed by atoms with Gasteiger partial charge in [-0.25, -0.2) is 0 Å². The fourth-order valence-corrected chi connectivity index (χ4v) is 3.65. The molecule has 2 amide bonds. The Morgan fingerprint density at radius 2 is 2.04 bits per heavy atom. The number of piperidine rings is 1. The Kier molecular flexibility index (Phi) is 5.11. The largest absolute Gasteiger partial charge is 0.348 e. The number of rotatable bonds is 4. The van der Waals surface area contributed by atoms with Crippen molar-refractivity contribution < 1.29 is 9.59 Å². The molecule has 1 N–H and O–H groups in total. The van der Waals surface area contributed by atoms with Crippen molar-refractivity contribution in [2.24, 2.45) is 0 Å². The molecule has 1 aromatic carbocycles. The Labute approximate surface area is 145 Å². The highest BCUT2D eigenvalue weighted by molar-refractivity contribution is 7.13. The molecule has 1 atom stereocenters. The van der Waals surface area contributed by atoms with Gasteiger partial charge in [0.25, 0.3) is 5.91 Å². The summed E-state index contributed by atoms with van der Waals surface area (Å²) in [4.78, 5) is 27.1. The topological polar surface area (TPSA) is 49.4 Å². The predicted molar refractivity (Wildman–Crippen MR) is 97.0 cm³/mol. The minimum Gasteiger partial charge on any atom is -0.348 e. The van der Waals surface area contributed by atoms with Gasteiger partial charge in [-0.05, 0) is 48.1 Å². The van der Waals surface area contributed by atoms with Crippen LogP contribution in [0.3, 0.4) is 0 Å². The first kappa shape index (κ1) is 16.5. The number of benzene rings is 1. The molecule has 24 heavy (non-hydrogen) atoms. The second kappa shape index (κ2) is 7.45. The van der Waals surface area contributed by atoms with Crippen LogP contribution in [0, 0.1) is 0 Å². The number of hydrogen-bond acceptors (Lipinski definition) is 3.